The molecule has 1 atom stereocenters. The van der Waals surface area contributed by atoms with Gasteiger partial charge in [0.1, 0.15) is 5.82 Å². The first-order chi connectivity index (χ1) is 8.38. The summed E-state index contributed by atoms with van der Waals surface area (Å²) in [5.74, 6) is -1.22. The number of carbonyl (C=O) groups is 1. The van der Waals surface area contributed by atoms with Crippen molar-refractivity contribution in [3.63, 3.8) is 0 Å². The summed E-state index contributed by atoms with van der Waals surface area (Å²) in [6, 6.07) is 3.37. The third-order valence-corrected chi connectivity index (χ3v) is 3.39. The van der Waals surface area contributed by atoms with Crippen LogP contribution in [0.25, 0.3) is 0 Å². The molecule has 0 bridgehead atoms. The molecule has 1 rings (SSSR count). The van der Waals surface area contributed by atoms with E-state index in [-0.39, 0.29) is 17.4 Å². The molecule has 0 radical (unpaired) electrons. The van der Waals surface area contributed by atoms with Gasteiger partial charge in [-0.1, -0.05) is 6.92 Å². The van der Waals surface area contributed by atoms with Crippen molar-refractivity contribution in [2.24, 2.45) is 0 Å². The maximum absolute atomic E-state index is 13.1. The molecule has 0 saturated heterocycles. The molecule has 1 aromatic carbocycles. The third-order valence-electron chi connectivity index (χ3n) is 2.15. The average molecular weight is 273 g/mol. The van der Waals surface area contributed by atoms with Crippen LogP contribution in [0.3, 0.4) is 0 Å². The Bertz CT molecular complexity index is 466. The molecule has 0 amide bonds. The molecule has 0 aliphatic carbocycles. The molecule has 1 aromatic rings. The molecule has 0 aliphatic heterocycles. The molecule has 0 aliphatic rings. The molecule has 0 aromatic heterocycles. The van der Waals surface area contributed by atoms with Gasteiger partial charge in [0.15, 0.2) is 0 Å². The predicted molar refractivity (Wildman–Crippen MR) is 66.1 cm³/mol. The van der Waals surface area contributed by atoms with Crippen molar-refractivity contribution in [3.05, 3.63) is 39.7 Å². The highest BCUT2D eigenvalue weighted by Crippen LogP contribution is 2.23. The zero-order chi connectivity index (χ0) is 13.7. The fraction of sp³-hybridized carbons (Fsp3) is 0.364. The third kappa shape index (κ3) is 4.70. The van der Waals surface area contributed by atoms with Crippen molar-refractivity contribution >= 4 is 23.4 Å². The molecule has 0 fully saturated rings. The molecule has 98 valence electrons. The lowest BCUT2D eigenvalue weighted by Crippen LogP contribution is -2.06. The Morgan fingerprint density at radius 1 is 1.56 bits per heavy atom. The van der Waals surface area contributed by atoms with Gasteiger partial charge in [-0.05, 0) is 11.6 Å². The first-order valence-electron chi connectivity index (χ1n) is 5.15. The van der Waals surface area contributed by atoms with Crippen LogP contribution in [0.2, 0.25) is 0 Å². The Hall–Kier alpha value is -1.63. The SMILES string of the molecule is CC(CC(=O)O)SCc1cc(F)cc([N+](=O)[O-])c1. The largest absolute Gasteiger partial charge is 0.481 e. The molecule has 0 saturated carbocycles. The average Bonchev–Trinajstić information content (AvgIpc) is 2.24. The number of aliphatic carboxylic acids is 1. The molecule has 18 heavy (non-hydrogen) atoms. The van der Waals surface area contributed by atoms with Crippen LogP contribution in [-0.4, -0.2) is 21.2 Å². The number of carboxylic acids is 1. The molecule has 7 heteroatoms. The van der Waals surface area contributed by atoms with Gasteiger partial charge in [0.05, 0.1) is 17.4 Å². The summed E-state index contributed by atoms with van der Waals surface area (Å²) in [6.07, 6.45) is 0.00206. The van der Waals surface area contributed by atoms with Crippen LogP contribution in [0.5, 0.6) is 0 Å². The van der Waals surface area contributed by atoms with Crippen LogP contribution in [-0.2, 0) is 10.5 Å². The van der Waals surface area contributed by atoms with Crippen LogP contribution in [0.4, 0.5) is 10.1 Å². The van der Waals surface area contributed by atoms with Crippen molar-refractivity contribution < 1.29 is 19.2 Å². The lowest BCUT2D eigenvalue weighted by atomic mass is 10.2. The van der Waals surface area contributed by atoms with E-state index in [1.165, 1.54) is 23.9 Å². The van der Waals surface area contributed by atoms with Gasteiger partial charge >= 0.3 is 5.97 Å². The monoisotopic (exact) mass is 273 g/mol. The van der Waals surface area contributed by atoms with Gasteiger partial charge in [-0.2, -0.15) is 11.8 Å². The normalized spacial score (nSPS) is 12.1. The van der Waals surface area contributed by atoms with Gasteiger partial charge in [-0.3, -0.25) is 14.9 Å². The van der Waals surface area contributed by atoms with E-state index in [9.17, 15) is 19.3 Å². The number of non-ortho nitro benzene ring substituents is 1. The van der Waals surface area contributed by atoms with Crippen molar-refractivity contribution in [3.8, 4) is 0 Å². The van der Waals surface area contributed by atoms with Crippen molar-refractivity contribution in [1.82, 2.24) is 0 Å². The second kappa shape index (κ2) is 6.34. The summed E-state index contributed by atoms with van der Waals surface area (Å²) in [6.45, 7) is 1.74. The standard InChI is InChI=1S/C11H12FNO4S/c1-7(2-11(14)15)18-6-8-3-9(12)5-10(4-8)13(16)17/h3-5,7H,2,6H2,1H3,(H,14,15). The molecule has 0 spiro atoms. The number of halogens is 1. The number of nitro benzene ring substituents is 1. The van der Waals surface area contributed by atoms with Crippen LogP contribution >= 0.6 is 11.8 Å². The molecule has 1 N–H and O–H groups in total. The highest BCUT2D eigenvalue weighted by atomic mass is 32.2. The maximum atomic E-state index is 13.1. The summed E-state index contributed by atoms with van der Waals surface area (Å²) in [4.78, 5) is 20.3. The summed E-state index contributed by atoms with van der Waals surface area (Å²) in [5.41, 5.74) is 0.181. The number of hydrogen-bond donors (Lipinski definition) is 1. The fourth-order valence-corrected chi connectivity index (χ4v) is 2.27. The molecule has 5 nitrogen and oxygen atoms in total. The summed E-state index contributed by atoms with van der Waals surface area (Å²) >= 11 is 1.32. The molecule has 1 unspecified atom stereocenters. The Labute approximate surface area is 107 Å². The van der Waals surface area contributed by atoms with E-state index in [0.29, 0.717) is 11.3 Å². The van der Waals surface area contributed by atoms with E-state index in [1.807, 2.05) is 0 Å². The van der Waals surface area contributed by atoms with Gasteiger partial charge in [0.25, 0.3) is 5.69 Å². The maximum Gasteiger partial charge on any atom is 0.304 e. The number of rotatable bonds is 6. The second-order valence-electron chi connectivity index (χ2n) is 3.79. The second-order valence-corrected chi connectivity index (χ2v) is 5.22. The number of nitro groups is 1. The molecular weight excluding hydrogens is 261 g/mol. The number of hydrogen-bond acceptors (Lipinski definition) is 4. The number of carboxylic acid groups (broad SMARTS) is 1. The quantitative estimate of drug-likeness (QED) is 0.636. The minimum absolute atomic E-state index is 0.00206. The van der Waals surface area contributed by atoms with E-state index in [0.717, 1.165) is 6.07 Å². The van der Waals surface area contributed by atoms with Gasteiger partial charge in [-0.25, -0.2) is 4.39 Å². The van der Waals surface area contributed by atoms with E-state index in [2.05, 4.69) is 0 Å². The zero-order valence-electron chi connectivity index (χ0n) is 9.63. The predicted octanol–water partition coefficient (Wildman–Crippen LogP) is 2.83. The van der Waals surface area contributed by atoms with Gasteiger partial charge < -0.3 is 5.11 Å². The van der Waals surface area contributed by atoms with Crippen LogP contribution in [0.15, 0.2) is 18.2 Å². The highest BCUT2D eigenvalue weighted by molar-refractivity contribution is 7.99. The smallest absolute Gasteiger partial charge is 0.304 e. The minimum atomic E-state index is -0.903. The van der Waals surface area contributed by atoms with Crippen LogP contribution in [0, 0.1) is 15.9 Å². The van der Waals surface area contributed by atoms with E-state index in [1.54, 1.807) is 6.92 Å². The Morgan fingerprint density at radius 3 is 2.78 bits per heavy atom. The first-order valence-corrected chi connectivity index (χ1v) is 6.20. The summed E-state index contributed by atoms with van der Waals surface area (Å²) in [7, 11) is 0. The lowest BCUT2D eigenvalue weighted by molar-refractivity contribution is -0.385. The van der Waals surface area contributed by atoms with E-state index < -0.39 is 16.7 Å². The van der Waals surface area contributed by atoms with Crippen molar-refractivity contribution in [2.75, 3.05) is 0 Å². The fourth-order valence-electron chi connectivity index (χ4n) is 1.37. The lowest BCUT2D eigenvalue weighted by Gasteiger charge is -2.08. The van der Waals surface area contributed by atoms with E-state index >= 15 is 0 Å². The topological polar surface area (TPSA) is 80.4 Å². The first kappa shape index (κ1) is 14.4. The zero-order valence-corrected chi connectivity index (χ0v) is 10.4. The van der Waals surface area contributed by atoms with Crippen LogP contribution in [0.1, 0.15) is 18.9 Å². The Kier molecular flexibility index (Phi) is 5.08. The number of nitrogens with zero attached hydrogens (tertiary/aromatic N) is 1. The summed E-state index contributed by atoms with van der Waals surface area (Å²) in [5, 5.41) is 19.0. The van der Waals surface area contributed by atoms with Crippen LogP contribution < -0.4 is 0 Å². The Morgan fingerprint density at radius 2 is 2.22 bits per heavy atom. The van der Waals surface area contributed by atoms with E-state index in [4.69, 9.17) is 5.11 Å². The minimum Gasteiger partial charge on any atom is -0.481 e. The molecular formula is C11H12FNO4S. The Balaban J connectivity index is 2.67. The number of benzene rings is 1. The summed E-state index contributed by atoms with van der Waals surface area (Å²) < 4.78 is 13.1. The number of thioether (sulfide) groups is 1. The van der Waals surface area contributed by atoms with Gasteiger partial charge in [0.2, 0.25) is 0 Å². The van der Waals surface area contributed by atoms with Crippen molar-refractivity contribution in [2.45, 2.75) is 24.3 Å². The molecule has 0 heterocycles. The van der Waals surface area contributed by atoms with Gasteiger partial charge in [-0.15, -0.1) is 0 Å². The highest BCUT2D eigenvalue weighted by Gasteiger charge is 2.12. The van der Waals surface area contributed by atoms with Gasteiger partial charge in [0, 0.05) is 17.1 Å². The van der Waals surface area contributed by atoms with Crippen molar-refractivity contribution in [1.29, 1.82) is 0 Å².